The van der Waals surface area contributed by atoms with Gasteiger partial charge in [0.05, 0.1) is 6.20 Å². The minimum Gasteiger partial charge on any atom is -0.333 e. The fourth-order valence-corrected chi connectivity index (χ4v) is 2.83. The fraction of sp³-hybridized carbons (Fsp3) is 0.353. The molecule has 114 valence electrons. The number of nitrogens with zero attached hydrogens (tertiary/aromatic N) is 3. The minimum absolute atomic E-state index is 0.0299. The Morgan fingerprint density at radius 2 is 2.14 bits per heavy atom. The molecule has 1 amide bonds. The van der Waals surface area contributed by atoms with Crippen molar-refractivity contribution in [1.82, 2.24) is 20.2 Å². The molecule has 2 aromatic rings. The second-order valence-corrected chi connectivity index (χ2v) is 5.49. The van der Waals surface area contributed by atoms with E-state index in [-0.39, 0.29) is 11.9 Å². The average molecular weight is 296 g/mol. The van der Waals surface area contributed by atoms with E-state index < -0.39 is 0 Å². The molecule has 1 saturated heterocycles. The van der Waals surface area contributed by atoms with Crippen LogP contribution in [0.2, 0.25) is 0 Å². The number of rotatable bonds is 3. The van der Waals surface area contributed by atoms with Gasteiger partial charge in [-0.3, -0.25) is 9.78 Å². The molecule has 1 N–H and O–H groups in total. The van der Waals surface area contributed by atoms with Crippen LogP contribution in [0.5, 0.6) is 0 Å². The summed E-state index contributed by atoms with van der Waals surface area (Å²) in [7, 11) is 0. The Hall–Kier alpha value is -2.27. The van der Waals surface area contributed by atoms with Crippen LogP contribution >= 0.6 is 0 Å². The van der Waals surface area contributed by atoms with Gasteiger partial charge in [-0.05, 0) is 24.9 Å². The van der Waals surface area contributed by atoms with Crippen LogP contribution in [-0.2, 0) is 6.42 Å². The highest BCUT2D eigenvalue weighted by atomic mass is 16.2. The lowest BCUT2D eigenvalue weighted by molar-refractivity contribution is 0.0686. The summed E-state index contributed by atoms with van der Waals surface area (Å²) in [4.78, 5) is 22.8. The van der Waals surface area contributed by atoms with Gasteiger partial charge >= 0.3 is 0 Å². The van der Waals surface area contributed by atoms with Gasteiger partial charge in [0.15, 0.2) is 0 Å². The van der Waals surface area contributed by atoms with Gasteiger partial charge < -0.3 is 10.2 Å². The number of amides is 1. The maximum atomic E-state index is 12.7. The predicted octanol–water partition coefficient (Wildman–Crippen LogP) is 1.52. The third kappa shape index (κ3) is 3.49. The summed E-state index contributed by atoms with van der Waals surface area (Å²) in [6.07, 6.45) is 6.50. The monoisotopic (exact) mass is 296 g/mol. The fourth-order valence-electron chi connectivity index (χ4n) is 2.83. The normalized spacial score (nSPS) is 18.7. The van der Waals surface area contributed by atoms with E-state index in [0.29, 0.717) is 5.69 Å². The SMILES string of the molecule is O=C(c1cnccn1)N1CCCNCC1Cc1ccccc1. The molecular formula is C17H20N4O. The zero-order valence-electron chi connectivity index (χ0n) is 12.5. The lowest BCUT2D eigenvalue weighted by Gasteiger charge is -2.29. The van der Waals surface area contributed by atoms with Crippen molar-refractivity contribution in [2.45, 2.75) is 18.9 Å². The second kappa shape index (κ2) is 7.13. The van der Waals surface area contributed by atoms with E-state index in [9.17, 15) is 4.79 Å². The number of nitrogens with one attached hydrogen (secondary N) is 1. The number of aromatic nitrogens is 2. The van der Waals surface area contributed by atoms with Gasteiger partial charge in [-0.15, -0.1) is 0 Å². The average Bonchev–Trinajstić information content (AvgIpc) is 2.81. The lowest BCUT2D eigenvalue weighted by atomic mass is 10.0. The smallest absolute Gasteiger partial charge is 0.274 e. The number of benzene rings is 1. The van der Waals surface area contributed by atoms with E-state index in [1.54, 1.807) is 18.6 Å². The van der Waals surface area contributed by atoms with Crippen LogP contribution in [0.4, 0.5) is 0 Å². The van der Waals surface area contributed by atoms with Crippen molar-refractivity contribution in [3.05, 3.63) is 60.2 Å². The topological polar surface area (TPSA) is 58.1 Å². The van der Waals surface area contributed by atoms with Crippen molar-refractivity contribution >= 4 is 5.91 Å². The maximum absolute atomic E-state index is 12.7. The summed E-state index contributed by atoms with van der Waals surface area (Å²) in [6, 6.07) is 10.4. The molecule has 5 heteroatoms. The Morgan fingerprint density at radius 1 is 1.27 bits per heavy atom. The van der Waals surface area contributed by atoms with E-state index in [4.69, 9.17) is 0 Å². The molecule has 0 saturated carbocycles. The van der Waals surface area contributed by atoms with Crippen molar-refractivity contribution in [2.75, 3.05) is 19.6 Å². The number of hydrogen-bond donors (Lipinski definition) is 1. The van der Waals surface area contributed by atoms with E-state index in [0.717, 1.165) is 32.5 Å². The van der Waals surface area contributed by atoms with E-state index >= 15 is 0 Å². The van der Waals surface area contributed by atoms with Gasteiger partial charge in [0.25, 0.3) is 5.91 Å². The number of carbonyl (C=O) groups is 1. The van der Waals surface area contributed by atoms with Crippen molar-refractivity contribution in [3.63, 3.8) is 0 Å². The summed E-state index contributed by atoms with van der Waals surface area (Å²) < 4.78 is 0. The Kier molecular flexibility index (Phi) is 4.75. The highest BCUT2D eigenvalue weighted by Crippen LogP contribution is 2.14. The molecule has 2 heterocycles. The first-order valence-electron chi connectivity index (χ1n) is 7.66. The largest absolute Gasteiger partial charge is 0.333 e. The van der Waals surface area contributed by atoms with Crippen molar-refractivity contribution in [1.29, 1.82) is 0 Å². The van der Waals surface area contributed by atoms with Crippen molar-refractivity contribution < 1.29 is 4.79 Å². The Labute approximate surface area is 130 Å². The first-order chi connectivity index (χ1) is 10.8. The maximum Gasteiger partial charge on any atom is 0.274 e. The standard InChI is InChI=1S/C17H20N4O/c22-17(16-13-19-8-9-20-16)21-10-4-7-18-12-15(21)11-14-5-2-1-3-6-14/h1-3,5-6,8-9,13,15,18H,4,7,10-12H2. The molecule has 1 fully saturated rings. The Morgan fingerprint density at radius 3 is 2.91 bits per heavy atom. The lowest BCUT2D eigenvalue weighted by Crippen LogP contribution is -2.45. The second-order valence-electron chi connectivity index (χ2n) is 5.49. The Balaban J connectivity index is 1.80. The van der Waals surface area contributed by atoms with Crippen LogP contribution in [-0.4, -0.2) is 46.5 Å². The molecule has 1 aliphatic heterocycles. The molecule has 0 bridgehead atoms. The zero-order chi connectivity index (χ0) is 15.2. The van der Waals surface area contributed by atoms with E-state index in [2.05, 4.69) is 27.4 Å². The molecule has 1 aliphatic rings. The van der Waals surface area contributed by atoms with Crippen LogP contribution < -0.4 is 5.32 Å². The third-order valence-corrected chi connectivity index (χ3v) is 3.93. The van der Waals surface area contributed by atoms with Crippen LogP contribution in [0.25, 0.3) is 0 Å². The highest BCUT2D eigenvalue weighted by Gasteiger charge is 2.27. The Bertz CT molecular complexity index is 603. The van der Waals surface area contributed by atoms with Crippen LogP contribution in [0, 0.1) is 0 Å². The number of carbonyl (C=O) groups excluding carboxylic acids is 1. The van der Waals surface area contributed by atoms with Gasteiger partial charge in [0.1, 0.15) is 5.69 Å². The van der Waals surface area contributed by atoms with Gasteiger partial charge in [-0.25, -0.2) is 4.98 Å². The zero-order valence-corrected chi connectivity index (χ0v) is 12.5. The molecule has 0 aliphatic carbocycles. The first-order valence-corrected chi connectivity index (χ1v) is 7.66. The van der Waals surface area contributed by atoms with Crippen LogP contribution in [0.3, 0.4) is 0 Å². The van der Waals surface area contributed by atoms with E-state index in [1.807, 2.05) is 23.1 Å². The molecular weight excluding hydrogens is 276 g/mol. The molecule has 1 unspecified atom stereocenters. The summed E-state index contributed by atoms with van der Waals surface area (Å²) in [5.74, 6) is -0.0299. The highest BCUT2D eigenvalue weighted by molar-refractivity contribution is 5.92. The van der Waals surface area contributed by atoms with Crippen LogP contribution in [0.1, 0.15) is 22.5 Å². The molecule has 3 rings (SSSR count). The third-order valence-electron chi connectivity index (χ3n) is 3.93. The van der Waals surface area contributed by atoms with Gasteiger partial charge in [-0.2, -0.15) is 0 Å². The quantitative estimate of drug-likeness (QED) is 0.933. The molecule has 0 radical (unpaired) electrons. The predicted molar refractivity (Wildman–Crippen MR) is 84.5 cm³/mol. The first kappa shape index (κ1) is 14.7. The molecule has 1 atom stereocenters. The summed E-state index contributed by atoms with van der Waals surface area (Å²) >= 11 is 0. The molecule has 0 spiro atoms. The molecule has 1 aromatic carbocycles. The summed E-state index contributed by atoms with van der Waals surface area (Å²) in [5, 5.41) is 3.42. The van der Waals surface area contributed by atoms with Gasteiger partial charge in [0, 0.05) is 31.5 Å². The summed E-state index contributed by atoms with van der Waals surface area (Å²) in [5.41, 5.74) is 1.66. The van der Waals surface area contributed by atoms with Gasteiger partial charge in [-0.1, -0.05) is 30.3 Å². The van der Waals surface area contributed by atoms with E-state index in [1.165, 1.54) is 5.56 Å². The molecule has 22 heavy (non-hydrogen) atoms. The van der Waals surface area contributed by atoms with Gasteiger partial charge in [0.2, 0.25) is 0 Å². The van der Waals surface area contributed by atoms with Crippen molar-refractivity contribution in [3.8, 4) is 0 Å². The number of hydrogen-bond acceptors (Lipinski definition) is 4. The van der Waals surface area contributed by atoms with Crippen molar-refractivity contribution in [2.24, 2.45) is 0 Å². The minimum atomic E-state index is -0.0299. The van der Waals surface area contributed by atoms with Crippen LogP contribution in [0.15, 0.2) is 48.9 Å². The summed E-state index contributed by atoms with van der Waals surface area (Å²) in [6.45, 7) is 2.50. The molecule has 5 nitrogen and oxygen atoms in total. The molecule has 1 aromatic heterocycles.